The molecule has 1 fully saturated rings. The van der Waals surface area contributed by atoms with Crippen molar-refractivity contribution in [1.82, 2.24) is 10.2 Å². The number of benzene rings is 1. The molecule has 1 atom stereocenters. The van der Waals surface area contributed by atoms with Crippen LogP contribution in [-0.2, 0) is 14.3 Å². The van der Waals surface area contributed by atoms with Crippen LogP contribution in [0.15, 0.2) is 24.3 Å². The fourth-order valence-electron chi connectivity index (χ4n) is 2.93. The number of amides is 2. The number of fused-ring (bicyclic) bond motifs is 1. The number of ether oxygens (including phenoxy) is 1. The van der Waals surface area contributed by atoms with E-state index in [1.54, 1.807) is 0 Å². The maximum atomic E-state index is 12.4. The summed E-state index contributed by atoms with van der Waals surface area (Å²) in [5.41, 5.74) is 1.64. The molecule has 6 nitrogen and oxygen atoms in total. The van der Waals surface area contributed by atoms with Crippen molar-refractivity contribution < 1.29 is 14.3 Å². The number of nitrogens with zero attached hydrogens (tertiary/aromatic N) is 1. The number of rotatable bonds is 4. The van der Waals surface area contributed by atoms with Crippen molar-refractivity contribution in [3.8, 4) is 0 Å². The van der Waals surface area contributed by atoms with E-state index >= 15 is 0 Å². The number of para-hydroxylation sites is 1. The zero-order valence-corrected chi connectivity index (χ0v) is 12.5. The number of carbonyl (C=O) groups is 2. The first kappa shape index (κ1) is 15.0. The van der Waals surface area contributed by atoms with E-state index < -0.39 is 5.92 Å². The minimum absolute atomic E-state index is 0.0736. The van der Waals surface area contributed by atoms with E-state index in [-0.39, 0.29) is 18.2 Å². The van der Waals surface area contributed by atoms with Crippen LogP contribution in [0.25, 0.3) is 0 Å². The number of carbonyl (C=O) groups excluding carboxylic acids is 2. The van der Waals surface area contributed by atoms with Crippen molar-refractivity contribution in [2.24, 2.45) is 0 Å². The number of hydrogen-bond acceptors (Lipinski definition) is 4. The summed E-state index contributed by atoms with van der Waals surface area (Å²) in [5.74, 6) is -0.572. The summed E-state index contributed by atoms with van der Waals surface area (Å²) < 4.78 is 5.30. The second-order valence-electron chi connectivity index (χ2n) is 5.64. The molecule has 2 N–H and O–H groups in total. The highest BCUT2D eigenvalue weighted by Crippen LogP contribution is 2.31. The van der Waals surface area contributed by atoms with Gasteiger partial charge in [0.15, 0.2) is 0 Å². The Kier molecular flexibility index (Phi) is 4.70. The zero-order chi connectivity index (χ0) is 15.4. The van der Waals surface area contributed by atoms with Gasteiger partial charge >= 0.3 is 0 Å². The highest BCUT2D eigenvalue weighted by atomic mass is 16.5. The van der Waals surface area contributed by atoms with Gasteiger partial charge in [-0.25, -0.2) is 0 Å². The van der Waals surface area contributed by atoms with Crippen LogP contribution in [-0.4, -0.2) is 56.1 Å². The molecule has 0 saturated carbocycles. The summed E-state index contributed by atoms with van der Waals surface area (Å²) in [6.45, 7) is 4.73. The molecule has 1 aromatic rings. The van der Waals surface area contributed by atoms with Crippen LogP contribution in [0.1, 0.15) is 17.9 Å². The maximum Gasteiger partial charge on any atom is 0.228 e. The molecule has 0 spiro atoms. The molecule has 3 rings (SSSR count). The summed E-state index contributed by atoms with van der Waals surface area (Å²) in [4.78, 5) is 26.4. The number of hydrogen-bond donors (Lipinski definition) is 2. The van der Waals surface area contributed by atoms with Gasteiger partial charge < -0.3 is 15.4 Å². The van der Waals surface area contributed by atoms with Crippen LogP contribution in [0.2, 0.25) is 0 Å². The van der Waals surface area contributed by atoms with Gasteiger partial charge in [0.2, 0.25) is 11.8 Å². The number of morpholine rings is 1. The van der Waals surface area contributed by atoms with Crippen molar-refractivity contribution in [1.29, 1.82) is 0 Å². The predicted molar refractivity (Wildman–Crippen MR) is 82.7 cm³/mol. The first-order valence-electron chi connectivity index (χ1n) is 7.70. The molecule has 0 radical (unpaired) electrons. The molecule has 22 heavy (non-hydrogen) atoms. The van der Waals surface area contributed by atoms with Gasteiger partial charge in [-0.2, -0.15) is 0 Å². The van der Waals surface area contributed by atoms with E-state index in [0.29, 0.717) is 6.54 Å². The van der Waals surface area contributed by atoms with Gasteiger partial charge in [0.05, 0.1) is 19.1 Å². The third kappa shape index (κ3) is 3.45. The van der Waals surface area contributed by atoms with E-state index in [0.717, 1.165) is 44.1 Å². The summed E-state index contributed by atoms with van der Waals surface area (Å²) in [6, 6.07) is 7.49. The van der Waals surface area contributed by atoms with Gasteiger partial charge in [0.1, 0.15) is 0 Å². The lowest BCUT2D eigenvalue weighted by molar-refractivity contribution is -0.126. The Hall–Kier alpha value is -1.92. The molecule has 0 aliphatic carbocycles. The molecule has 0 bridgehead atoms. The smallest absolute Gasteiger partial charge is 0.228 e. The van der Waals surface area contributed by atoms with Crippen LogP contribution in [0.5, 0.6) is 0 Å². The topological polar surface area (TPSA) is 70.7 Å². The second-order valence-corrected chi connectivity index (χ2v) is 5.64. The van der Waals surface area contributed by atoms with Crippen LogP contribution >= 0.6 is 0 Å². The van der Waals surface area contributed by atoms with Gasteiger partial charge in [-0.3, -0.25) is 14.5 Å². The maximum absolute atomic E-state index is 12.4. The van der Waals surface area contributed by atoms with E-state index in [4.69, 9.17) is 4.74 Å². The Balaban J connectivity index is 1.56. The van der Waals surface area contributed by atoms with Crippen molar-refractivity contribution in [3.05, 3.63) is 29.8 Å². The average Bonchev–Trinajstić information content (AvgIpc) is 2.55. The molecule has 0 aromatic heterocycles. The fourth-order valence-corrected chi connectivity index (χ4v) is 2.93. The highest BCUT2D eigenvalue weighted by Gasteiger charge is 2.30. The minimum atomic E-state index is -0.394. The first-order chi connectivity index (χ1) is 10.7. The third-order valence-corrected chi connectivity index (χ3v) is 4.15. The quantitative estimate of drug-likeness (QED) is 0.853. The summed E-state index contributed by atoms with van der Waals surface area (Å²) >= 11 is 0. The van der Waals surface area contributed by atoms with Crippen LogP contribution < -0.4 is 10.6 Å². The van der Waals surface area contributed by atoms with Crippen molar-refractivity contribution in [2.75, 3.05) is 44.7 Å². The minimum Gasteiger partial charge on any atom is -0.379 e. The van der Waals surface area contributed by atoms with Crippen molar-refractivity contribution in [2.45, 2.75) is 12.3 Å². The Morgan fingerprint density at radius 3 is 2.91 bits per heavy atom. The monoisotopic (exact) mass is 303 g/mol. The lowest BCUT2D eigenvalue weighted by atomic mass is 9.90. The normalized spacial score (nSPS) is 21.8. The van der Waals surface area contributed by atoms with E-state index in [2.05, 4.69) is 15.5 Å². The molecule has 1 saturated heterocycles. The second kappa shape index (κ2) is 6.89. The highest BCUT2D eigenvalue weighted by molar-refractivity contribution is 6.01. The molecule has 118 valence electrons. The molecule has 2 aliphatic rings. The van der Waals surface area contributed by atoms with Crippen LogP contribution in [0, 0.1) is 0 Å². The number of nitrogens with one attached hydrogen (secondary N) is 2. The van der Waals surface area contributed by atoms with Gasteiger partial charge in [-0.05, 0) is 11.6 Å². The van der Waals surface area contributed by atoms with Crippen LogP contribution in [0.3, 0.4) is 0 Å². The van der Waals surface area contributed by atoms with E-state index in [9.17, 15) is 9.59 Å². The Bertz CT molecular complexity index is 555. The molecular weight excluding hydrogens is 282 g/mol. The largest absolute Gasteiger partial charge is 0.379 e. The fraction of sp³-hybridized carbons (Fsp3) is 0.500. The molecule has 2 aliphatic heterocycles. The average molecular weight is 303 g/mol. The Morgan fingerprint density at radius 1 is 1.32 bits per heavy atom. The molecule has 1 unspecified atom stereocenters. The Morgan fingerprint density at radius 2 is 2.09 bits per heavy atom. The molecule has 1 aromatic carbocycles. The molecular formula is C16H21N3O3. The van der Waals surface area contributed by atoms with E-state index in [1.807, 2.05) is 24.3 Å². The van der Waals surface area contributed by atoms with Gasteiger partial charge in [-0.15, -0.1) is 0 Å². The lowest BCUT2D eigenvalue weighted by Crippen LogP contribution is -2.43. The third-order valence-electron chi connectivity index (χ3n) is 4.15. The standard InChI is InChI=1S/C16H21N3O3/c20-15-11-13(12-3-1-2-4-14(12)18-15)16(21)17-5-6-19-7-9-22-10-8-19/h1-4,13H,5-11H2,(H,17,21)(H,18,20). The van der Waals surface area contributed by atoms with E-state index in [1.165, 1.54) is 0 Å². The predicted octanol–water partition coefficient (Wildman–Crippen LogP) is 0.561. The van der Waals surface area contributed by atoms with Crippen molar-refractivity contribution in [3.63, 3.8) is 0 Å². The molecule has 2 heterocycles. The summed E-state index contributed by atoms with van der Waals surface area (Å²) in [5, 5.41) is 5.77. The van der Waals surface area contributed by atoms with Gasteiger partial charge in [0.25, 0.3) is 0 Å². The molecule has 2 amide bonds. The van der Waals surface area contributed by atoms with Crippen LogP contribution in [0.4, 0.5) is 5.69 Å². The SMILES string of the molecule is O=C1CC(C(=O)NCCN2CCOCC2)c2ccccc2N1. The first-order valence-corrected chi connectivity index (χ1v) is 7.70. The molecule has 6 heteroatoms. The van der Waals surface area contributed by atoms with Gasteiger partial charge in [0, 0.05) is 38.3 Å². The number of anilines is 1. The Labute approximate surface area is 129 Å². The summed E-state index contributed by atoms with van der Waals surface area (Å²) in [6.07, 6.45) is 0.209. The summed E-state index contributed by atoms with van der Waals surface area (Å²) in [7, 11) is 0. The van der Waals surface area contributed by atoms with Crippen molar-refractivity contribution >= 4 is 17.5 Å². The lowest BCUT2D eigenvalue weighted by Gasteiger charge is -2.28. The zero-order valence-electron chi connectivity index (χ0n) is 12.5. The van der Waals surface area contributed by atoms with Gasteiger partial charge in [-0.1, -0.05) is 18.2 Å².